The van der Waals surface area contributed by atoms with Crippen molar-refractivity contribution in [2.75, 3.05) is 0 Å². The number of nitrogens with one attached hydrogen (secondary N) is 1. The van der Waals surface area contributed by atoms with Crippen molar-refractivity contribution in [3.63, 3.8) is 0 Å². The van der Waals surface area contributed by atoms with Crippen LogP contribution in [0, 0.1) is 0 Å². The topological polar surface area (TPSA) is 69.1 Å². The third-order valence-corrected chi connectivity index (χ3v) is 7.20. The summed E-state index contributed by atoms with van der Waals surface area (Å²) in [7, 11) is -0.446. The van der Waals surface area contributed by atoms with E-state index in [2.05, 4.69) is 101 Å². The minimum atomic E-state index is -0.446. The molecule has 0 unspecified atom stereocenters. The number of hydrogen-bond acceptors (Lipinski definition) is 3. The van der Waals surface area contributed by atoms with Gasteiger partial charge in [0.2, 0.25) is 0 Å². The zero-order valence-corrected chi connectivity index (χ0v) is 18.2. The molecule has 158 valence electrons. The fraction of sp³-hybridized carbons (Fsp3) is 0. The molecule has 5 heteroatoms. The Hall–Kier alpha value is -3.88. The average Bonchev–Trinajstić information content (AvgIpc) is 3.20. The monoisotopic (exact) mass is 438 g/mol. The summed E-state index contributed by atoms with van der Waals surface area (Å²) in [5.74, 6) is -0.228. The zero-order valence-electron chi connectivity index (χ0n) is 17.3. The summed E-state index contributed by atoms with van der Waals surface area (Å²) in [6.07, 6.45) is 0. The summed E-state index contributed by atoms with van der Waals surface area (Å²) in [6.45, 7) is 0. The van der Waals surface area contributed by atoms with E-state index in [1.54, 1.807) is 0 Å². The lowest BCUT2D eigenvalue weighted by atomic mass is 10.2. The minimum absolute atomic E-state index is 0.307. The summed E-state index contributed by atoms with van der Waals surface area (Å²) in [5.41, 5.74) is 0.818. The van der Waals surface area contributed by atoms with Gasteiger partial charge in [-0.3, -0.25) is 0 Å². The molecular formula is C27H23N2O2P. The van der Waals surface area contributed by atoms with E-state index in [9.17, 15) is 0 Å². The second kappa shape index (κ2) is 10.4. The van der Waals surface area contributed by atoms with E-state index >= 15 is 0 Å². The van der Waals surface area contributed by atoms with Crippen molar-refractivity contribution in [3.8, 4) is 23.1 Å². The molecule has 5 aromatic rings. The first kappa shape index (κ1) is 21.4. The van der Waals surface area contributed by atoms with Crippen LogP contribution in [-0.2, 0) is 0 Å². The maximum absolute atomic E-state index is 9.03. The molecule has 0 spiro atoms. The van der Waals surface area contributed by atoms with Crippen LogP contribution in [-0.4, -0.2) is 20.2 Å². The standard InChI is InChI=1S/C18H15P.C9H8N2O2/c1-4-10-16(11-5-1)19(17-12-6-2-7-13-17)18-14-8-3-9-15-18;12-8-9(13)11-7(10-8)6-4-2-1-3-5-6/h1-15H;1-5,12-13H,(H,10,11). The molecule has 32 heavy (non-hydrogen) atoms. The Morgan fingerprint density at radius 1 is 0.531 bits per heavy atom. The molecular weight excluding hydrogens is 415 g/mol. The second-order valence-electron chi connectivity index (χ2n) is 6.97. The number of rotatable bonds is 4. The summed E-state index contributed by atoms with van der Waals surface area (Å²) in [5, 5.41) is 22.2. The predicted octanol–water partition coefficient (Wildman–Crippen LogP) is 4.93. The Labute approximate surface area is 188 Å². The highest BCUT2D eigenvalue weighted by Crippen LogP contribution is 2.32. The van der Waals surface area contributed by atoms with Gasteiger partial charge in [-0.1, -0.05) is 121 Å². The second-order valence-corrected chi connectivity index (χ2v) is 9.19. The summed E-state index contributed by atoms with van der Waals surface area (Å²) in [6, 6.07) is 41.6. The molecule has 0 aliphatic carbocycles. The highest BCUT2D eigenvalue weighted by atomic mass is 31.1. The highest BCUT2D eigenvalue weighted by molar-refractivity contribution is 7.79. The quantitative estimate of drug-likeness (QED) is 0.349. The smallest absolute Gasteiger partial charge is 0.275 e. The van der Waals surface area contributed by atoms with Crippen LogP contribution >= 0.6 is 7.92 Å². The van der Waals surface area contributed by atoms with E-state index in [1.807, 2.05) is 30.3 Å². The van der Waals surface area contributed by atoms with Crippen LogP contribution in [0.25, 0.3) is 11.4 Å². The molecule has 4 nitrogen and oxygen atoms in total. The van der Waals surface area contributed by atoms with Gasteiger partial charge >= 0.3 is 0 Å². The third kappa shape index (κ3) is 5.23. The molecule has 0 amide bonds. The summed E-state index contributed by atoms with van der Waals surface area (Å²) < 4.78 is 0. The molecule has 4 aromatic carbocycles. The van der Waals surface area contributed by atoms with Gasteiger partial charge in [-0.15, -0.1) is 0 Å². The number of aromatic hydroxyl groups is 2. The zero-order chi connectivity index (χ0) is 22.2. The largest absolute Gasteiger partial charge is 0.491 e. The van der Waals surface area contributed by atoms with Crippen LogP contribution in [0.15, 0.2) is 121 Å². The molecule has 0 radical (unpaired) electrons. The lowest BCUT2D eigenvalue weighted by Gasteiger charge is -2.18. The van der Waals surface area contributed by atoms with Gasteiger partial charge in [0, 0.05) is 5.56 Å². The molecule has 0 aliphatic heterocycles. The maximum atomic E-state index is 9.03. The molecule has 0 bridgehead atoms. The number of nitrogens with zero attached hydrogens (tertiary/aromatic N) is 1. The Morgan fingerprint density at radius 2 is 0.906 bits per heavy atom. The fourth-order valence-corrected chi connectivity index (χ4v) is 5.57. The van der Waals surface area contributed by atoms with Gasteiger partial charge in [-0.25, -0.2) is 0 Å². The van der Waals surface area contributed by atoms with Crippen molar-refractivity contribution < 1.29 is 10.2 Å². The summed E-state index contributed by atoms with van der Waals surface area (Å²) >= 11 is 0. The van der Waals surface area contributed by atoms with Gasteiger partial charge in [0.15, 0.2) is 0 Å². The lowest BCUT2D eigenvalue weighted by molar-refractivity contribution is 0.386. The van der Waals surface area contributed by atoms with Crippen molar-refractivity contribution in [3.05, 3.63) is 121 Å². The van der Waals surface area contributed by atoms with Crippen LogP contribution in [0.1, 0.15) is 0 Å². The Balaban J connectivity index is 0.000000165. The maximum Gasteiger partial charge on any atom is 0.275 e. The average molecular weight is 438 g/mol. The lowest BCUT2D eigenvalue weighted by Crippen LogP contribution is -2.20. The van der Waals surface area contributed by atoms with E-state index in [0.29, 0.717) is 5.82 Å². The molecule has 0 atom stereocenters. The van der Waals surface area contributed by atoms with Crippen LogP contribution in [0.5, 0.6) is 11.8 Å². The predicted molar refractivity (Wildman–Crippen MR) is 133 cm³/mol. The van der Waals surface area contributed by atoms with Crippen molar-refractivity contribution in [2.45, 2.75) is 0 Å². The minimum Gasteiger partial charge on any atom is -0.491 e. The van der Waals surface area contributed by atoms with Gasteiger partial charge in [0.1, 0.15) is 5.82 Å². The SMILES string of the molecule is Oc1nc(-c2ccccc2)[nH]c1O.c1ccc(P(c2ccccc2)c2ccccc2)cc1. The van der Waals surface area contributed by atoms with Gasteiger partial charge < -0.3 is 15.2 Å². The highest BCUT2D eigenvalue weighted by Gasteiger charge is 2.15. The van der Waals surface area contributed by atoms with Gasteiger partial charge in [-0.05, 0) is 23.8 Å². The van der Waals surface area contributed by atoms with E-state index in [0.717, 1.165) is 5.56 Å². The van der Waals surface area contributed by atoms with Gasteiger partial charge in [0.25, 0.3) is 11.8 Å². The number of benzene rings is 4. The number of aromatic nitrogens is 2. The van der Waals surface area contributed by atoms with Crippen molar-refractivity contribution in [1.29, 1.82) is 0 Å². The third-order valence-electron chi connectivity index (χ3n) is 4.76. The molecule has 1 heterocycles. The molecule has 0 saturated heterocycles. The van der Waals surface area contributed by atoms with Crippen molar-refractivity contribution in [1.82, 2.24) is 9.97 Å². The van der Waals surface area contributed by atoms with Crippen LogP contribution in [0.2, 0.25) is 0 Å². The number of imidazole rings is 1. The van der Waals surface area contributed by atoms with E-state index < -0.39 is 7.92 Å². The summed E-state index contributed by atoms with van der Waals surface area (Å²) in [4.78, 5) is 6.29. The fourth-order valence-electron chi connectivity index (χ4n) is 3.27. The first-order valence-corrected chi connectivity index (χ1v) is 11.5. The molecule has 0 fully saturated rings. The number of H-pyrrole nitrogens is 1. The van der Waals surface area contributed by atoms with E-state index in [4.69, 9.17) is 10.2 Å². The van der Waals surface area contributed by atoms with Crippen molar-refractivity contribution >= 4 is 23.8 Å². The van der Waals surface area contributed by atoms with Crippen LogP contribution in [0.4, 0.5) is 0 Å². The molecule has 3 N–H and O–H groups in total. The van der Waals surface area contributed by atoms with Crippen LogP contribution in [0.3, 0.4) is 0 Å². The number of hydrogen-bond donors (Lipinski definition) is 3. The van der Waals surface area contributed by atoms with E-state index in [1.165, 1.54) is 15.9 Å². The normalized spacial score (nSPS) is 10.4. The number of aromatic amines is 1. The molecule has 0 saturated carbocycles. The Kier molecular flexibility index (Phi) is 6.96. The van der Waals surface area contributed by atoms with Gasteiger partial charge in [-0.2, -0.15) is 4.98 Å². The van der Waals surface area contributed by atoms with Crippen molar-refractivity contribution in [2.24, 2.45) is 0 Å². The van der Waals surface area contributed by atoms with Crippen LogP contribution < -0.4 is 15.9 Å². The van der Waals surface area contributed by atoms with Gasteiger partial charge in [0.05, 0.1) is 0 Å². The Bertz CT molecular complexity index is 1110. The Morgan fingerprint density at radius 3 is 1.25 bits per heavy atom. The first-order valence-electron chi connectivity index (χ1n) is 10.2. The molecule has 0 aliphatic rings. The molecule has 5 rings (SSSR count). The first-order chi connectivity index (χ1) is 15.7. The van der Waals surface area contributed by atoms with E-state index in [-0.39, 0.29) is 11.8 Å². The molecule has 1 aromatic heterocycles.